The van der Waals surface area contributed by atoms with Gasteiger partial charge < -0.3 is 24.3 Å². The van der Waals surface area contributed by atoms with Crippen LogP contribution < -0.4 is 5.46 Å². The van der Waals surface area contributed by atoms with Crippen molar-refractivity contribution in [1.29, 1.82) is 0 Å². The first kappa shape index (κ1) is 39.2. The van der Waals surface area contributed by atoms with Crippen molar-refractivity contribution in [3.05, 3.63) is 98.4 Å². The predicted molar refractivity (Wildman–Crippen MR) is 191 cm³/mol. The van der Waals surface area contributed by atoms with Gasteiger partial charge in [0.1, 0.15) is 0 Å². The molecule has 1 heterocycles. The maximum atomic E-state index is 11.1. The Balaban J connectivity index is 0.000000247. The summed E-state index contributed by atoms with van der Waals surface area (Å²) in [6.45, 7) is 17.7. The van der Waals surface area contributed by atoms with Crippen molar-refractivity contribution >= 4 is 50.4 Å². The van der Waals surface area contributed by atoms with Crippen LogP contribution in [0, 0.1) is 0 Å². The van der Waals surface area contributed by atoms with E-state index in [9.17, 15) is 15.0 Å². The van der Waals surface area contributed by atoms with E-state index in [0.29, 0.717) is 25.9 Å². The first-order valence-electron chi connectivity index (χ1n) is 15.2. The molecule has 2 N–H and O–H groups in total. The molecular formula is C36H49BBr2O6. The van der Waals surface area contributed by atoms with Gasteiger partial charge in [-0.25, -0.2) is 0 Å². The van der Waals surface area contributed by atoms with E-state index in [0.717, 1.165) is 31.1 Å². The van der Waals surface area contributed by atoms with Crippen LogP contribution in [0.25, 0.3) is 0 Å². The molecule has 0 spiro atoms. The average molecular weight is 748 g/mol. The highest BCUT2D eigenvalue weighted by Gasteiger charge is 2.51. The second-order valence-electron chi connectivity index (χ2n) is 13.5. The topological polar surface area (TPSA) is 85.2 Å². The number of hydrogen-bond donors (Lipinski definition) is 2. The summed E-state index contributed by atoms with van der Waals surface area (Å²) in [7, 11) is -0.323. The standard InChI is InChI=1S/C16H25BO3.C10H11BrO2.C10H13BrO/c1-14(2,18)11-12-7-9-13(10-8-12)17-19-15(3,4)16(5,6)20-17;1-2-13-10(12)7-8-3-5-9(11)6-4-8;1-10(2,12)7-8-3-5-9(11)6-4-8/h7-10,18H,11H2,1-6H3;3-6H,2,7H2,1H3;3-6,12H,7H2,1-2H3. The zero-order valence-electron chi connectivity index (χ0n) is 28.1. The van der Waals surface area contributed by atoms with Crippen LogP contribution in [0.4, 0.5) is 0 Å². The summed E-state index contributed by atoms with van der Waals surface area (Å²) in [6.07, 6.45) is 1.68. The number of hydrogen-bond acceptors (Lipinski definition) is 6. The Labute approximate surface area is 287 Å². The molecule has 0 radical (unpaired) electrons. The number of benzene rings is 3. The molecule has 0 aliphatic carbocycles. The molecule has 4 rings (SSSR count). The lowest BCUT2D eigenvalue weighted by Crippen LogP contribution is -2.41. The van der Waals surface area contributed by atoms with Crippen LogP contribution in [0.15, 0.2) is 81.7 Å². The van der Waals surface area contributed by atoms with Gasteiger partial charge in [-0.1, -0.05) is 80.4 Å². The lowest BCUT2D eigenvalue weighted by Gasteiger charge is -2.32. The number of ether oxygens (including phenoxy) is 1. The highest BCUT2D eigenvalue weighted by molar-refractivity contribution is 9.10. The van der Waals surface area contributed by atoms with Crippen molar-refractivity contribution in [2.75, 3.05) is 6.61 Å². The highest BCUT2D eigenvalue weighted by atomic mass is 79.9. The number of aliphatic hydroxyl groups is 2. The van der Waals surface area contributed by atoms with Crippen LogP contribution in [0.1, 0.15) is 79.0 Å². The third-order valence-electron chi connectivity index (χ3n) is 7.26. The van der Waals surface area contributed by atoms with Gasteiger partial charge in [0, 0.05) is 21.8 Å². The van der Waals surface area contributed by atoms with Crippen molar-refractivity contribution in [3.63, 3.8) is 0 Å². The van der Waals surface area contributed by atoms with Crippen LogP contribution in [-0.2, 0) is 38.1 Å². The number of carbonyl (C=O) groups is 1. The van der Waals surface area contributed by atoms with Gasteiger partial charge in [0.25, 0.3) is 0 Å². The van der Waals surface area contributed by atoms with Crippen molar-refractivity contribution in [1.82, 2.24) is 0 Å². The molecule has 9 heteroatoms. The summed E-state index contributed by atoms with van der Waals surface area (Å²) >= 11 is 6.69. The Bertz CT molecular complexity index is 1310. The molecule has 45 heavy (non-hydrogen) atoms. The van der Waals surface area contributed by atoms with Crippen LogP contribution in [0.2, 0.25) is 0 Å². The number of rotatable bonds is 8. The van der Waals surface area contributed by atoms with Gasteiger partial charge in [-0.2, -0.15) is 0 Å². The SMILES string of the molecule is CC(C)(O)Cc1ccc(B2OC(C)(C)C(C)(C)O2)cc1.CC(C)(O)Cc1ccc(Br)cc1.CCOC(=O)Cc1ccc(Br)cc1. The molecule has 3 aromatic rings. The molecule has 1 fully saturated rings. The normalized spacial score (nSPS) is 15.4. The monoisotopic (exact) mass is 746 g/mol. The summed E-state index contributed by atoms with van der Waals surface area (Å²) in [5.41, 5.74) is 2.32. The van der Waals surface area contributed by atoms with E-state index in [1.807, 2.05) is 100 Å². The molecule has 0 amide bonds. The van der Waals surface area contributed by atoms with E-state index in [2.05, 4.69) is 59.6 Å². The average Bonchev–Trinajstić information content (AvgIpc) is 3.13. The molecule has 246 valence electrons. The van der Waals surface area contributed by atoms with Crippen molar-refractivity contribution < 1.29 is 29.1 Å². The number of esters is 1. The van der Waals surface area contributed by atoms with E-state index >= 15 is 0 Å². The molecule has 0 bridgehead atoms. The first-order valence-corrected chi connectivity index (χ1v) is 16.8. The smallest absolute Gasteiger partial charge is 0.466 e. The molecule has 1 aliphatic rings. The maximum absolute atomic E-state index is 11.1. The van der Waals surface area contributed by atoms with Crippen molar-refractivity contribution in [2.45, 2.75) is 104 Å². The van der Waals surface area contributed by atoms with Gasteiger partial charge in [-0.15, -0.1) is 0 Å². The summed E-state index contributed by atoms with van der Waals surface area (Å²) in [5, 5.41) is 19.4. The quantitative estimate of drug-likeness (QED) is 0.182. The molecular weight excluding hydrogens is 699 g/mol. The minimum Gasteiger partial charge on any atom is -0.466 e. The fourth-order valence-corrected chi connectivity index (χ4v) is 4.88. The Hall–Kier alpha value is -2.01. The second-order valence-corrected chi connectivity index (χ2v) is 15.4. The van der Waals surface area contributed by atoms with Gasteiger partial charge >= 0.3 is 13.1 Å². The first-order chi connectivity index (χ1) is 20.7. The predicted octanol–water partition coefficient (Wildman–Crippen LogP) is 7.62. The molecule has 0 aromatic heterocycles. The van der Waals surface area contributed by atoms with Crippen LogP contribution >= 0.6 is 31.9 Å². The summed E-state index contributed by atoms with van der Waals surface area (Å²) in [6, 6.07) is 23.7. The summed E-state index contributed by atoms with van der Waals surface area (Å²) < 4.78 is 18.9. The van der Waals surface area contributed by atoms with E-state index in [1.54, 1.807) is 6.92 Å². The Morgan fingerprint density at radius 3 is 1.42 bits per heavy atom. The third-order valence-corrected chi connectivity index (χ3v) is 8.32. The van der Waals surface area contributed by atoms with Crippen LogP contribution in [-0.4, -0.2) is 52.3 Å². The Kier molecular flexibility index (Phi) is 14.5. The zero-order valence-corrected chi connectivity index (χ0v) is 31.3. The van der Waals surface area contributed by atoms with E-state index in [-0.39, 0.29) is 24.3 Å². The van der Waals surface area contributed by atoms with Crippen molar-refractivity contribution in [3.8, 4) is 0 Å². The van der Waals surface area contributed by atoms with E-state index in [1.165, 1.54) is 0 Å². The molecule has 6 nitrogen and oxygen atoms in total. The zero-order chi connectivity index (χ0) is 34.1. The van der Waals surface area contributed by atoms with Gasteiger partial charge in [-0.3, -0.25) is 4.79 Å². The van der Waals surface area contributed by atoms with Crippen LogP contribution in [0.3, 0.4) is 0 Å². The lowest BCUT2D eigenvalue weighted by molar-refractivity contribution is -0.142. The summed E-state index contributed by atoms with van der Waals surface area (Å²) in [5.74, 6) is -0.176. The highest BCUT2D eigenvalue weighted by Crippen LogP contribution is 2.36. The van der Waals surface area contributed by atoms with E-state index in [4.69, 9.17) is 14.0 Å². The fourth-order valence-electron chi connectivity index (χ4n) is 4.35. The summed E-state index contributed by atoms with van der Waals surface area (Å²) in [4.78, 5) is 11.1. The lowest BCUT2D eigenvalue weighted by atomic mass is 9.78. The molecule has 0 unspecified atom stereocenters. The van der Waals surface area contributed by atoms with Crippen molar-refractivity contribution in [2.24, 2.45) is 0 Å². The fraction of sp³-hybridized carbons (Fsp3) is 0.472. The van der Waals surface area contributed by atoms with Gasteiger partial charge in [0.05, 0.1) is 35.4 Å². The number of carbonyl (C=O) groups excluding carboxylic acids is 1. The minimum absolute atomic E-state index is 0.176. The van der Waals surface area contributed by atoms with E-state index < -0.39 is 11.2 Å². The molecule has 0 saturated carbocycles. The third kappa shape index (κ3) is 14.5. The maximum Gasteiger partial charge on any atom is 0.494 e. The largest absolute Gasteiger partial charge is 0.494 e. The molecule has 1 saturated heterocycles. The Morgan fingerprint density at radius 2 is 1.07 bits per heavy atom. The van der Waals surface area contributed by atoms with Gasteiger partial charge in [0.2, 0.25) is 0 Å². The molecule has 3 aromatic carbocycles. The Morgan fingerprint density at radius 1 is 0.711 bits per heavy atom. The van der Waals surface area contributed by atoms with Gasteiger partial charge in [-0.05, 0) is 109 Å². The number of halogens is 2. The molecule has 0 atom stereocenters. The minimum atomic E-state index is -0.689. The van der Waals surface area contributed by atoms with Crippen LogP contribution in [0.5, 0.6) is 0 Å². The van der Waals surface area contributed by atoms with Gasteiger partial charge in [0.15, 0.2) is 0 Å². The molecule has 1 aliphatic heterocycles. The second kappa shape index (κ2) is 16.7.